The normalized spacial score (nSPS) is 30.2. The van der Waals surface area contributed by atoms with E-state index in [4.69, 9.17) is 4.18 Å². The molecule has 0 spiro atoms. The Morgan fingerprint density at radius 2 is 2.12 bits per heavy atom. The summed E-state index contributed by atoms with van der Waals surface area (Å²) in [6.45, 7) is 0.100. The lowest BCUT2D eigenvalue weighted by atomic mass is 9.86. The molecular formula is C10H16F2O2S2. The highest BCUT2D eigenvalue weighted by atomic mass is 32.2. The van der Waals surface area contributed by atoms with Gasteiger partial charge in [0.2, 0.25) is 0 Å². The smallest absolute Gasteiger partial charge is 0.276 e. The van der Waals surface area contributed by atoms with Crippen LogP contribution in [0.1, 0.15) is 25.7 Å². The number of thiol groups is 1. The minimum Gasteiger partial charge on any atom is -0.315 e. The average molecular weight is 270 g/mol. The maximum absolute atomic E-state index is 13.3. The first-order valence-corrected chi connectivity index (χ1v) is 6.73. The van der Waals surface area contributed by atoms with Gasteiger partial charge in [-0.1, -0.05) is 6.42 Å². The molecule has 16 heavy (non-hydrogen) atoms. The first-order valence-electron chi connectivity index (χ1n) is 5.56. The van der Waals surface area contributed by atoms with Crippen molar-refractivity contribution in [2.75, 3.05) is 13.2 Å². The van der Waals surface area contributed by atoms with Crippen LogP contribution in [0.5, 0.6) is 0 Å². The molecule has 2 aliphatic rings. The minimum absolute atomic E-state index is 0.0708. The van der Waals surface area contributed by atoms with E-state index in [0.29, 0.717) is 18.9 Å². The maximum Gasteiger partial charge on any atom is 0.276 e. The highest BCUT2D eigenvalue weighted by Crippen LogP contribution is 2.51. The van der Waals surface area contributed by atoms with Crippen molar-refractivity contribution in [3.8, 4) is 0 Å². The summed E-state index contributed by atoms with van der Waals surface area (Å²) in [5.41, 5.74) is 0. The van der Waals surface area contributed by atoms with Crippen LogP contribution in [0, 0.1) is 11.8 Å². The molecule has 2 nitrogen and oxygen atoms in total. The van der Waals surface area contributed by atoms with Gasteiger partial charge in [-0.3, -0.25) is 0 Å². The number of hydrogen-bond donors (Lipinski definition) is 1. The van der Waals surface area contributed by atoms with E-state index in [1.807, 2.05) is 0 Å². The molecule has 0 heterocycles. The molecule has 0 aromatic rings. The van der Waals surface area contributed by atoms with E-state index < -0.39 is 18.4 Å². The quantitative estimate of drug-likeness (QED) is 0.565. The Kier molecular flexibility index (Phi) is 4.38. The molecule has 0 radical (unpaired) electrons. The predicted octanol–water partition coefficient (Wildman–Crippen LogP) is 3.34. The second-order valence-electron chi connectivity index (χ2n) is 4.59. The Morgan fingerprint density at radius 1 is 1.38 bits per heavy atom. The van der Waals surface area contributed by atoms with E-state index >= 15 is 0 Å². The molecule has 0 aromatic carbocycles. The summed E-state index contributed by atoms with van der Waals surface area (Å²) < 4.78 is 36.2. The van der Waals surface area contributed by atoms with Gasteiger partial charge in [0.05, 0.1) is 6.61 Å². The minimum atomic E-state index is -2.76. The summed E-state index contributed by atoms with van der Waals surface area (Å²) in [5, 5.41) is -0.0708. The summed E-state index contributed by atoms with van der Waals surface area (Å²) in [5.74, 6) is -2.71. The number of rotatable bonds is 7. The molecule has 2 saturated carbocycles. The highest BCUT2D eigenvalue weighted by molar-refractivity contribution is 7.95. The van der Waals surface area contributed by atoms with E-state index in [2.05, 4.69) is 17.1 Å². The Labute approximate surface area is 104 Å². The Morgan fingerprint density at radius 3 is 2.69 bits per heavy atom. The van der Waals surface area contributed by atoms with E-state index in [-0.39, 0.29) is 5.25 Å². The fourth-order valence-electron chi connectivity index (χ4n) is 1.80. The fraction of sp³-hybridized carbons (Fsp3) is 1.00. The molecule has 2 unspecified atom stereocenters. The Balaban J connectivity index is 1.59. The largest absolute Gasteiger partial charge is 0.315 e. The summed E-state index contributed by atoms with van der Waals surface area (Å²) in [6.07, 6.45) is 4.23. The second-order valence-corrected chi connectivity index (χ2v) is 5.88. The number of halogens is 2. The van der Waals surface area contributed by atoms with Crippen LogP contribution in [0.25, 0.3) is 0 Å². The third-order valence-corrected chi connectivity index (χ3v) is 4.42. The van der Waals surface area contributed by atoms with E-state index in [1.54, 1.807) is 0 Å². The molecule has 0 bridgehead atoms. The molecule has 0 saturated heterocycles. The third kappa shape index (κ3) is 3.24. The highest BCUT2D eigenvalue weighted by Gasteiger charge is 2.55. The summed E-state index contributed by atoms with van der Waals surface area (Å²) in [4.78, 5) is 0. The van der Waals surface area contributed by atoms with Gasteiger partial charge in [0.1, 0.15) is 6.61 Å². The standard InChI is InChI=1S/C10H16F2O2S2/c11-10(12,6-13-15)8-4-9(8)16-14-5-7-2-1-3-7/h7-9,15H,1-6H2. The van der Waals surface area contributed by atoms with Crippen molar-refractivity contribution in [2.45, 2.75) is 36.9 Å². The van der Waals surface area contributed by atoms with Crippen LogP contribution in [-0.4, -0.2) is 24.4 Å². The molecule has 0 amide bonds. The van der Waals surface area contributed by atoms with E-state index in [0.717, 1.165) is 0 Å². The topological polar surface area (TPSA) is 18.5 Å². The summed E-state index contributed by atoms with van der Waals surface area (Å²) in [7, 11) is 0. The molecule has 2 aliphatic carbocycles. The fourth-order valence-corrected chi connectivity index (χ4v) is 3.03. The van der Waals surface area contributed by atoms with Crippen LogP contribution in [0.3, 0.4) is 0 Å². The van der Waals surface area contributed by atoms with Crippen LogP contribution in [0.2, 0.25) is 0 Å². The Bertz CT molecular complexity index is 237. The average Bonchev–Trinajstić information content (AvgIpc) is 2.89. The van der Waals surface area contributed by atoms with Gasteiger partial charge in [-0.05, 0) is 50.1 Å². The molecule has 0 N–H and O–H groups in total. The van der Waals surface area contributed by atoms with Crippen molar-refractivity contribution >= 4 is 25.0 Å². The SMILES string of the molecule is FC(F)(COS)C1CC1SOCC1CCC1. The zero-order valence-electron chi connectivity index (χ0n) is 8.90. The zero-order valence-corrected chi connectivity index (χ0v) is 10.6. The van der Waals surface area contributed by atoms with Crippen molar-refractivity contribution < 1.29 is 17.1 Å². The molecule has 0 aromatic heterocycles. The van der Waals surface area contributed by atoms with Gasteiger partial charge in [-0.2, -0.15) is 0 Å². The van der Waals surface area contributed by atoms with Crippen LogP contribution in [0.4, 0.5) is 8.78 Å². The van der Waals surface area contributed by atoms with Gasteiger partial charge >= 0.3 is 0 Å². The van der Waals surface area contributed by atoms with Gasteiger partial charge in [0.15, 0.2) is 0 Å². The predicted molar refractivity (Wildman–Crippen MR) is 62.7 cm³/mol. The molecular weight excluding hydrogens is 254 g/mol. The monoisotopic (exact) mass is 270 g/mol. The lowest BCUT2D eigenvalue weighted by Gasteiger charge is -2.24. The number of hydrogen-bond acceptors (Lipinski definition) is 4. The van der Waals surface area contributed by atoms with Gasteiger partial charge < -0.3 is 8.37 Å². The van der Waals surface area contributed by atoms with Crippen molar-refractivity contribution in [2.24, 2.45) is 11.8 Å². The van der Waals surface area contributed by atoms with Crippen molar-refractivity contribution in [1.29, 1.82) is 0 Å². The van der Waals surface area contributed by atoms with Crippen molar-refractivity contribution in [3.05, 3.63) is 0 Å². The second kappa shape index (κ2) is 5.42. The Hall–Kier alpha value is 0.480. The van der Waals surface area contributed by atoms with Gasteiger partial charge in [-0.25, -0.2) is 8.78 Å². The van der Waals surface area contributed by atoms with Crippen LogP contribution >= 0.6 is 25.0 Å². The number of alkyl halides is 2. The van der Waals surface area contributed by atoms with E-state index in [1.165, 1.54) is 31.3 Å². The third-order valence-electron chi connectivity index (χ3n) is 3.25. The van der Waals surface area contributed by atoms with Crippen molar-refractivity contribution in [1.82, 2.24) is 0 Å². The lowest BCUT2D eigenvalue weighted by molar-refractivity contribution is -0.0543. The van der Waals surface area contributed by atoms with Crippen LogP contribution in [-0.2, 0) is 8.37 Å². The first-order chi connectivity index (χ1) is 7.63. The van der Waals surface area contributed by atoms with Gasteiger partial charge in [0.25, 0.3) is 5.92 Å². The van der Waals surface area contributed by atoms with Gasteiger partial charge in [-0.15, -0.1) is 0 Å². The van der Waals surface area contributed by atoms with Crippen molar-refractivity contribution in [3.63, 3.8) is 0 Å². The van der Waals surface area contributed by atoms with E-state index in [9.17, 15) is 8.78 Å². The van der Waals surface area contributed by atoms with Crippen LogP contribution < -0.4 is 0 Å². The lowest BCUT2D eigenvalue weighted by Crippen LogP contribution is -2.26. The molecule has 94 valence electrons. The molecule has 0 aliphatic heterocycles. The molecule has 2 fully saturated rings. The molecule has 6 heteroatoms. The first kappa shape index (κ1) is 12.9. The maximum atomic E-state index is 13.3. The molecule has 2 rings (SSSR count). The molecule has 2 atom stereocenters. The van der Waals surface area contributed by atoms with Crippen LogP contribution in [0.15, 0.2) is 0 Å². The summed E-state index contributed by atoms with van der Waals surface area (Å²) >= 11 is 4.59. The zero-order chi connectivity index (χ0) is 11.6. The summed E-state index contributed by atoms with van der Waals surface area (Å²) in [6, 6.07) is 0. The van der Waals surface area contributed by atoms with Gasteiger partial charge in [0, 0.05) is 11.2 Å².